The van der Waals surface area contributed by atoms with Gasteiger partial charge in [0, 0.05) is 44.8 Å². The van der Waals surface area contributed by atoms with Gasteiger partial charge in [0.05, 0.1) is 4.47 Å². The number of hydrogen-bond acceptors (Lipinski definition) is 4. The molecule has 0 radical (unpaired) electrons. The second-order valence-electron chi connectivity index (χ2n) is 5.25. The Bertz CT molecular complexity index is 420. The minimum absolute atomic E-state index is 0.739. The maximum atomic E-state index is 6.01. The molecule has 0 amide bonds. The molecule has 1 N–H and O–H groups in total. The maximum absolute atomic E-state index is 6.01. The van der Waals surface area contributed by atoms with Gasteiger partial charge in [0.2, 0.25) is 0 Å². The van der Waals surface area contributed by atoms with Crippen LogP contribution in [0.3, 0.4) is 0 Å². The van der Waals surface area contributed by atoms with Crippen LogP contribution in [0, 0.1) is 0 Å². The Morgan fingerprint density at radius 3 is 2.70 bits per heavy atom. The zero-order valence-electron chi connectivity index (χ0n) is 12.4. The fraction of sp³-hybridized carbons (Fsp3) is 0.600. The van der Waals surface area contributed by atoms with Gasteiger partial charge in [-0.1, -0.05) is 12.1 Å². The van der Waals surface area contributed by atoms with Gasteiger partial charge in [-0.05, 0) is 36.1 Å². The smallest absolute Gasteiger partial charge is 0.138 e. The van der Waals surface area contributed by atoms with E-state index in [1.54, 1.807) is 0 Å². The summed E-state index contributed by atoms with van der Waals surface area (Å²) < 4.78 is 7.04. The molecule has 1 aromatic rings. The Hall–Kier alpha value is -0.620. The molecule has 0 aliphatic carbocycles. The third kappa shape index (κ3) is 4.45. The predicted molar refractivity (Wildman–Crippen MR) is 86.3 cm³/mol. The van der Waals surface area contributed by atoms with E-state index in [0.29, 0.717) is 0 Å². The summed E-state index contributed by atoms with van der Waals surface area (Å²) in [5.41, 5.74) is 1.19. The highest BCUT2D eigenvalue weighted by molar-refractivity contribution is 9.10. The van der Waals surface area contributed by atoms with Crippen molar-refractivity contribution in [2.24, 2.45) is 0 Å². The molecule has 1 saturated heterocycles. The van der Waals surface area contributed by atoms with Gasteiger partial charge in [-0.15, -0.1) is 0 Å². The third-order valence-corrected chi connectivity index (χ3v) is 4.29. The molecule has 0 spiro atoms. The van der Waals surface area contributed by atoms with E-state index < -0.39 is 0 Å². The lowest BCUT2D eigenvalue weighted by molar-refractivity contribution is 0.133. The molecule has 20 heavy (non-hydrogen) atoms. The summed E-state index contributed by atoms with van der Waals surface area (Å²) in [6.07, 6.45) is 0. The fourth-order valence-corrected chi connectivity index (χ4v) is 2.91. The standard InChI is InChI=1S/C15H24BrN3O/c1-17-12-13-4-3-5-14(16)15(13)20-11-10-19-8-6-18(2)7-9-19/h3-5,17H,6-12H2,1-2H3. The molecule has 0 bridgehead atoms. The molecule has 112 valence electrons. The average Bonchev–Trinajstić information content (AvgIpc) is 2.44. The Kier molecular flexibility index (Phi) is 6.29. The second-order valence-corrected chi connectivity index (χ2v) is 6.11. The number of hydrogen-bond donors (Lipinski definition) is 1. The van der Waals surface area contributed by atoms with Gasteiger partial charge in [-0.2, -0.15) is 0 Å². The first-order chi connectivity index (χ1) is 9.70. The van der Waals surface area contributed by atoms with Crippen LogP contribution in [0.5, 0.6) is 5.75 Å². The number of ether oxygens (including phenoxy) is 1. The van der Waals surface area contributed by atoms with Gasteiger partial charge >= 0.3 is 0 Å². The minimum atomic E-state index is 0.739. The van der Waals surface area contributed by atoms with E-state index in [2.05, 4.69) is 44.2 Å². The van der Waals surface area contributed by atoms with Crippen molar-refractivity contribution in [3.63, 3.8) is 0 Å². The zero-order valence-corrected chi connectivity index (χ0v) is 13.9. The maximum Gasteiger partial charge on any atom is 0.138 e. The molecular formula is C15H24BrN3O. The van der Waals surface area contributed by atoms with Gasteiger partial charge in [-0.3, -0.25) is 4.90 Å². The molecule has 0 unspecified atom stereocenters. The number of likely N-dealkylation sites (N-methyl/N-ethyl adjacent to an activating group) is 1. The minimum Gasteiger partial charge on any atom is -0.491 e. The Morgan fingerprint density at radius 2 is 2.00 bits per heavy atom. The first-order valence-corrected chi connectivity index (χ1v) is 7.95. The van der Waals surface area contributed by atoms with Gasteiger partial charge < -0.3 is 15.0 Å². The topological polar surface area (TPSA) is 27.7 Å². The van der Waals surface area contributed by atoms with E-state index >= 15 is 0 Å². The van der Waals surface area contributed by atoms with Crippen molar-refractivity contribution in [1.82, 2.24) is 15.1 Å². The van der Waals surface area contributed by atoms with E-state index in [1.165, 1.54) is 5.56 Å². The highest BCUT2D eigenvalue weighted by Gasteiger charge is 2.14. The number of piperazine rings is 1. The SMILES string of the molecule is CNCc1cccc(Br)c1OCCN1CCN(C)CC1. The first-order valence-electron chi connectivity index (χ1n) is 7.16. The summed E-state index contributed by atoms with van der Waals surface area (Å²) in [5.74, 6) is 0.968. The van der Waals surface area contributed by atoms with Crippen LogP contribution >= 0.6 is 15.9 Å². The van der Waals surface area contributed by atoms with Crippen molar-refractivity contribution < 1.29 is 4.74 Å². The van der Waals surface area contributed by atoms with Gasteiger partial charge in [0.15, 0.2) is 0 Å². The van der Waals surface area contributed by atoms with Crippen molar-refractivity contribution in [2.45, 2.75) is 6.54 Å². The summed E-state index contributed by atoms with van der Waals surface area (Å²) in [6.45, 7) is 7.14. The predicted octanol–water partition coefficient (Wildman–Crippen LogP) is 1.79. The lowest BCUT2D eigenvalue weighted by atomic mass is 10.2. The lowest BCUT2D eigenvalue weighted by Gasteiger charge is -2.32. The van der Waals surface area contributed by atoms with E-state index in [0.717, 1.165) is 56.1 Å². The second kappa shape index (κ2) is 7.98. The Balaban J connectivity index is 1.84. The number of rotatable bonds is 6. The molecule has 1 aromatic carbocycles. The highest BCUT2D eigenvalue weighted by atomic mass is 79.9. The van der Waals surface area contributed by atoms with Crippen molar-refractivity contribution in [1.29, 1.82) is 0 Å². The average molecular weight is 342 g/mol. The van der Waals surface area contributed by atoms with Crippen LogP contribution in [-0.4, -0.2) is 63.2 Å². The molecule has 1 aliphatic heterocycles. The summed E-state index contributed by atoms with van der Waals surface area (Å²) in [6, 6.07) is 6.18. The van der Waals surface area contributed by atoms with Crippen LogP contribution in [0.25, 0.3) is 0 Å². The van der Waals surface area contributed by atoms with Crippen molar-refractivity contribution >= 4 is 15.9 Å². The molecule has 4 nitrogen and oxygen atoms in total. The van der Waals surface area contributed by atoms with E-state index in [4.69, 9.17) is 4.74 Å². The number of nitrogens with zero attached hydrogens (tertiary/aromatic N) is 2. The summed E-state index contributed by atoms with van der Waals surface area (Å²) in [4.78, 5) is 4.84. The third-order valence-electron chi connectivity index (χ3n) is 3.67. The lowest BCUT2D eigenvalue weighted by Crippen LogP contribution is -2.45. The summed E-state index contributed by atoms with van der Waals surface area (Å²) >= 11 is 3.58. The van der Waals surface area contributed by atoms with E-state index in [9.17, 15) is 0 Å². The molecule has 2 rings (SSSR count). The number of benzene rings is 1. The van der Waals surface area contributed by atoms with Crippen LogP contribution in [-0.2, 0) is 6.54 Å². The van der Waals surface area contributed by atoms with Crippen molar-refractivity contribution in [2.75, 3.05) is 53.4 Å². The normalized spacial score (nSPS) is 17.4. The Labute approximate surface area is 130 Å². The first kappa shape index (κ1) is 15.8. The molecule has 1 heterocycles. The molecule has 1 fully saturated rings. The number of nitrogens with one attached hydrogen (secondary N) is 1. The zero-order chi connectivity index (χ0) is 14.4. The van der Waals surface area contributed by atoms with Gasteiger partial charge in [0.25, 0.3) is 0 Å². The number of halogens is 1. The van der Waals surface area contributed by atoms with Crippen LogP contribution in [0.2, 0.25) is 0 Å². The van der Waals surface area contributed by atoms with Crippen LogP contribution in [0.15, 0.2) is 22.7 Å². The van der Waals surface area contributed by atoms with Crippen LogP contribution in [0.4, 0.5) is 0 Å². The van der Waals surface area contributed by atoms with Crippen LogP contribution in [0.1, 0.15) is 5.56 Å². The molecule has 0 aromatic heterocycles. The molecule has 1 aliphatic rings. The van der Waals surface area contributed by atoms with Crippen LogP contribution < -0.4 is 10.1 Å². The van der Waals surface area contributed by atoms with Crippen molar-refractivity contribution in [3.8, 4) is 5.75 Å². The molecular weight excluding hydrogens is 318 g/mol. The summed E-state index contributed by atoms with van der Waals surface area (Å²) in [5, 5.41) is 3.18. The van der Waals surface area contributed by atoms with Gasteiger partial charge in [0.1, 0.15) is 12.4 Å². The summed E-state index contributed by atoms with van der Waals surface area (Å²) in [7, 11) is 4.13. The van der Waals surface area contributed by atoms with E-state index in [-0.39, 0.29) is 0 Å². The Morgan fingerprint density at radius 1 is 1.25 bits per heavy atom. The molecule has 0 saturated carbocycles. The van der Waals surface area contributed by atoms with Gasteiger partial charge in [-0.25, -0.2) is 0 Å². The highest BCUT2D eigenvalue weighted by Crippen LogP contribution is 2.29. The fourth-order valence-electron chi connectivity index (χ4n) is 2.39. The quantitative estimate of drug-likeness (QED) is 0.853. The molecule has 0 atom stereocenters. The largest absolute Gasteiger partial charge is 0.491 e. The van der Waals surface area contributed by atoms with E-state index in [1.807, 2.05) is 19.2 Å². The molecule has 5 heteroatoms. The number of para-hydroxylation sites is 1. The monoisotopic (exact) mass is 341 g/mol. The van der Waals surface area contributed by atoms with Crippen molar-refractivity contribution in [3.05, 3.63) is 28.2 Å².